The summed E-state index contributed by atoms with van der Waals surface area (Å²) in [5, 5.41) is 4.62. The third-order valence-corrected chi connectivity index (χ3v) is 4.07. The predicted octanol–water partition coefficient (Wildman–Crippen LogP) is 5.07. The van der Waals surface area contributed by atoms with Gasteiger partial charge in [-0.3, -0.25) is 0 Å². The fourth-order valence-electron chi connectivity index (χ4n) is 2.20. The van der Waals surface area contributed by atoms with Gasteiger partial charge in [-0.15, -0.1) is 0 Å². The molecule has 0 saturated heterocycles. The molecule has 5 heteroatoms. The molecule has 0 bridgehead atoms. The van der Waals surface area contributed by atoms with Gasteiger partial charge in [0, 0.05) is 15.6 Å². The summed E-state index contributed by atoms with van der Waals surface area (Å²) >= 11 is 15.7. The van der Waals surface area contributed by atoms with Gasteiger partial charge in [-0.05, 0) is 52.8 Å². The predicted molar refractivity (Wildman–Crippen MR) is 88.1 cm³/mol. The van der Waals surface area contributed by atoms with E-state index in [-0.39, 0.29) is 6.04 Å². The summed E-state index contributed by atoms with van der Waals surface area (Å²) in [6.07, 6.45) is 0. The molecular weight excluding hydrogens is 361 g/mol. The van der Waals surface area contributed by atoms with E-state index in [1.54, 1.807) is 7.11 Å². The van der Waals surface area contributed by atoms with Crippen molar-refractivity contribution in [3.8, 4) is 5.75 Å². The van der Waals surface area contributed by atoms with Crippen LogP contribution in [0.25, 0.3) is 0 Å². The minimum atomic E-state index is -0.0568. The van der Waals surface area contributed by atoms with E-state index in [1.807, 2.05) is 43.4 Å². The highest BCUT2D eigenvalue weighted by Gasteiger charge is 2.19. The standard InChI is InChI=1S/C15H14BrCl2NO/c1-19-14(9-4-3-5-10(17)6-9)12-7-11(18)8-13(16)15(12)20-2/h3-8,14,19H,1-2H3. The average Bonchev–Trinajstić information content (AvgIpc) is 2.39. The minimum Gasteiger partial charge on any atom is -0.495 e. The Labute approximate surface area is 137 Å². The molecule has 2 rings (SSSR count). The van der Waals surface area contributed by atoms with E-state index in [9.17, 15) is 0 Å². The number of benzene rings is 2. The normalized spacial score (nSPS) is 12.2. The Morgan fingerprint density at radius 1 is 1.15 bits per heavy atom. The van der Waals surface area contributed by atoms with Crippen molar-refractivity contribution >= 4 is 39.1 Å². The molecule has 2 aromatic carbocycles. The molecule has 0 heterocycles. The van der Waals surface area contributed by atoms with Crippen LogP contribution in [0, 0.1) is 0 Å². The van der Waals surface area contributed by atoms with E-state index >= 15 is 0 Å². The van der Waals surface area contributed by atoms with Crippen LogP contribution in [0.1, 0.15) is 17.2 Å². The van der Waals surface area contributed by atoms with Gasteiger partial charge in [-0.25, -0.2) is 0 Å². The Morgan fingerprint density at radius 2 is 1.90 bits per heavy atom. The molecule has 0 aliphatic heterocycles. The van der Waals surface area contributed by atoms with Gasteiger partial charge < -0.3 is 10.1 Å². The monoisotopic (exact) mass is 373 g/mol. The third kappa shape index (κ3) is 3.29. The number of nitrogens with one attached hydrogen (secondary N) is 1. The first-order chi connectivity index (χ1) is 9.56. The summed E-state index contributed by atoms with van der Waals surface area (Å²) in [4.78, 5) is 0. The van der Waals surface area contributed by atoms with E-state index in [4.69, 9.17) is 27.9 Å². The summed E-state index contributed by atoms with van der Waals surface area (Å²) in [5.74, 6) is 0.758. The van der Waals surface area contributed by atoms with Gasteiger partial charge in [-0.1, -0.05) is 35.3 Å². The van der Waals surface area contributed by atoms with Crippen molar-refractivity contribution < 1.29 is 4.74 Å². The Bertz CT molecular complexity index is 619. The maximum Gasteiger partial charge on any atom is 0.138 e. The van der Waals surface area contributed by atoms with E-state index in [1.165, 1.54) is 0 Å². The minimum absolute atomic E-state index is 0.0568. The Hall–Kier alpha value is -0.740. The van der Waals surface area contributed by atoms with Crippen LogP contribution in [-0.2, 0) is 0 Å². The maximum absolute atomic E-state index is 6.16. The molecule has 0 fully saturated rings. The SMILES string of the molecule is CNC(c1cccc(Cl)c1)c1cc(Cl)cc(Br)c1OC. The van der Waals surface area contributed by atoms with E-state index in [0.717, 1.165) is 21.3 Å². The summed E-state index contributed by atoms with van der Waals surface area (Å²) in [7, 11) is 3.53. The molecule has 0 amide bonds. The third-order valence-electron chi connectivity index (χ3n) is 3.02. The molecule has 2 nitrogen and oxygen atoms in total. The number of hydrogen-bond donors (Lipinski definition) is 1. The molecular formula is C15H14BrCl2NO. The van der Waals surface area contributed by atoms with Crippen molar-refractivity contribution in [2.75, 3.05) is 14.2 Å². The molecule has 2 aromatic rings. The van der Waals surface area contributed by atoms with Gasteiger partial charge in [0.15, 0.2) is 0 Å². The zero-order chi connectivity index (χ0) is 14.7. The van der Waals surface area contributed by atoms with Crippen LogP contribution >= 0.6 is 39.1 Å². The molecule has 0 radical (unpaired) electrons. The lowest BCUT2D eigenvalue weighted by Crippen LogP contribution is -2.18. The molecule has 0 aromatic heterocycles. The fraction of sp³-hybridized carbons (Fsp3) is 0.200. The highest BCUT2D eigenvalue weighted by molar-refractivity contribution is 9.10. The fourth-order valence-corrected chi connectivity index (χ4v) is 3.39. The van der Waals surface area contributed by atoms with Crippen molar-refractivity contribution in [3.05, 3.63) is 62.0 Å². The quantitative estimate of drug-likeness (QED) is 0.806. The van der Waals surface area contributed by atoms with Crippen molar-refractivity contribution in [2.45, 2.75) is 6.04 Å². The number of hydrogen-bond acceptors (Lipinski definition) is 2. The summed E-state index contributed by atoms with van der Waals surface area (Å²) < 4.78 is 6.31. The summed E-state index contributed by atoms with van der Waals surface area (Å²) in [6.45, 7) is 0. The molecule has 0 spiro atoms. The van der Waals surface area contributed by atoms with Crippen LogP contribution in [0.2, 0.25) is 10.0 Å². The highest BCUT2D eigenvalue weighted by atomic mass is 79.9. The lowest BCUT2D eigenvalue weighted by atomic mass is 9.98. The molecule has 1 N–H and O–H groups in total. The van der Waals surface area contributed by atoms with Crippen molar-refractivity contribution in [2.24, 2.45) is 0 Å². The van der Waals surface area contributed by atoms with E-state index < -0.39 is 0 Å². The lowest BCUT2D eigenvalue weighted by Gasteiger charge is -2.21. The lowest BCUT2D eigenvalue weighted by molar-refractivity contribution is 0.403. The molecule has 1 atom stereocenters. The second-order valence-electron chi connectivity index (χ2n) is 4.29. The van der Waals surface area contributed by atoms with Crippen molar-refractivity contribution in [1.29, 1.82) is 0 Å². The Morgan fingerprint density at radius 3 is 2.50 bits per heavy atom. The molecule has 1 unspecified atom stereocenters. The number of rotatable bonds is 4. The average molecular weight is 375 g/mol. The zero-order valence-corrected chi connectivity index (χ0v) is 14.2. The van der Waals surface area contributed by atoms with Gasteiger partial charge in [-0.2, -0.15) is 0 Å². The van der Waals surface area contributed by atoms with Crippen LogP contribution in [-0.4, -0.2) is 14.2 Å². The second kappa shape index (κ2) is 6.81. The first kappa shape index (κ1) is 15.6. The van der Waals surface area contributed by atoms with Gasteiger partial charge in [0.25, 0.3) is 0 Å². The van der Waals surface area contributed by atoms with Crippen LogP contribution in [0.5, 0.6) is 5.75 Å². The van der Waals surface area contributed by atoms with Gasteiger partial charge in [0.05, 0.1) is 17.6 Å². The van der Waals surface area contributed by atoms with Gasteiger partial charge in [0.2, 0.25) is 0 Å². The summed E-state index contributed by atoms with van der Waals surface area (Å²) in [5.41, 5.74) is 2.00. The first-order valence-electron chi connectivity index (χ1n) is 6.02. The van der Waals surface area contributed by atoms with E-state index in [0.29, 0.717) is 10.0 Å². The topological polar surface area (TPSA) is 21.3 Å². The number of ether oxygens (including phenoxy) is 1. The molecule has 20 heavy (non-hydrogen) atoms. The van der Waals surface area contributed by atoms with E-state index in [2.05, 4.69) is 21.2 Å². The number of methoxy groups -OCH3 is 1. The smallest absolute Gasteiger partial charge is 0.138 e. The first-order valence-corrected chi connectivity index (χ1v) is 7.57. The second-order valence-corrected chi connectivity index (χ2v) is 6.01. The van der Waals surface area contributed by atoms with Gasteiger partial charge >= 0.3 is 0 Å². The largest absolute Gasteiger partial charge is 0.495 e. The highest BCUT2D eigenvalue weighted by Crippen LogP contribution is 2.38. The summed E-state index contributed by atoms with van der Waals surface area (Å²) in [6, 6.07) is 11.4. The van der Waals surface area contributed by atoms with Crippen LogP contribution < -0.4 is 10.1 Å². The zero-order valence-electron chi connectivity index (χ0n) is 11.1. The maximum atomic E-state index is 6.16. The molecule has 0 aliphatic rings. The Balaban J connectivity index is 2.57. The number of halogens is 3. The Kier molecular flexibility index (Phi) is 5.33. The van der Waals surface area contributed by atoms with Crippen molar-refractivity contribution in [3.63, 3.8) is 0 Å². The van der Waals surface area contributed by atoms with Crippen LogP contribution in [0.15, 0.2) is 40.9 Å². The van der Waals surface area contributed by atoms with Crippen molar-refractivity contribution in [1.82, 2.24) is 5.32 Å². The van der Waals surface area contributed by atoms with Crippen LogP contribution in [0.3, 0.4) is 0 Å². The van der Waals surface area contributed by atoms with Gasteiger partial charge in [0.1, 0.15) is 5.75 Å². The molecule has 0 aliphatic carbocycles. The van der Waals surface area contributed by atoms with Crippen LogP contribution in [0.4, 0.5) is 0 Å². The molecule has 106 valence electrons. The molecule has 0 saturated carbocycles.